The molecule has 1 rings (SSSR count). The molecule has 1 heterocycles. The van der Waals surface area contributed by atoms with Crippen molar-refractivity contribution in [1.82, 2.24) is 4.98 Å². The Morgan fingerprint density at radius 3 is 2.65 bits per heavy atom. The largest absolute Gasteiger partial charge is 0.444 e. The van der Waals surface area contributed by atoms with Gasteiger partial charge in [0.1, 0.15) is 17.5 Å². The molecule has 1 aromatic rings. The molecule has 17 heavy (non-hydrogen) atoms. The van der Waals surface area contributed by atoms with Gasteiger partial charge in [-0.25, -0.2) is 9.78 Å². The van der Waals surface area contributed by atoms with Crippen LogP contribution in [-0.4, -0.2) is 16.7 Å². The molecule has 0 spiro atoms. The fourth-order valence-corrected chi connectivity index (χ4v) is 1.17. The van der Waals surface area contributed by atoms with Gasteiger partial charge < -0.3 is 4.74 Å². The van der Waals surface area contributed by atoms with Crippen molar-refractivity contribution >= 4 is 11.9 Å². The van der Waals surface area contributed by atoms with Gasteiger partial charge in [-0.3, -0.25) is 5.32 Å². The molecule has 0 fully saturated rings. The van der Waals surface area contributed by atoms with Crippen LogP contribution in [-0.2, 0) is 4.74 Å². The van der Waals surface area contributed by atoms with E-state index >= 15 is 0 Å². The lowest BCUT2D eigenvalue weighted by atomic mass is 10.2. The molecular weight excluding hydrogens is 218 g/mol. The fraction of sp³-hybridized carbons (Fsp3) is 0.417. The third-order valence-electron chi connectivity index (χ3n) is 1.83. The highest BCUT2D eigenvalue weighted by molar-refractivity contribution is 5.84. The number of amides is 1. The molecule has 0 atom stereocenters. The summed E-state index contributed by atoms with van der Waals surface area (Å²) in [4.78, 5) is 15.5. The molecular formula is C12H15N3O2. The molecule has 1 N–H and O–H groups in total. The third-order valence-corrected chi connectivity index (χ3v) is 1.83. The normalized spacial score (nSPS) is 10.5. The van der Waals surface area contributed by atoms with E-state index < -0.39 is 11.7 Å². The minimum absolute atomic E-state index is 0.401. The lowest BCUT2D eigenvalue weighted by Gasteiger charge is -2.19. The van der Waals surface area contributed by atoms with Crippen molar-refractivity contribution < 1.29 is 9.53 Å². The number of hydrogen-bond donors (Lipinski definition) is 1. The number of rotatable bonds is 1. The molecule has 0 aliphatic carbocycles. The summed E-state index contributed by atoms with van der Waals surface area (Å²) >= 11 is 0. The number of ether oxygens (including phenoxy) is 1. The van der Waals surface area contributed by atoms with Crippen LogP contribution in [0.4, 0.5) is 10.6 Å². The smallest absolute Gasteiger partial charge is 0.413 e. The van der Waals surface area contributed by atoms with E-state index in [2.05, 4.69) is 10.3 Å². The van der Waals surface area contributed by atoms with Crippen LogP contribution in [0.3, 0.4) is 0 Å². The number of anilines is 1. The molecule has 1 amide bonds. The Labute approximate surface area is 100 Å². The topological polar surface area (TPSA) is 75.0 Å². The first-order chi connectivity index (χ1) is 7.81. The molecule has 1 aromatic heterocycles. The van der Waals surface area contributed by atoms with Crippen molar-refractivity contribution in [2.24, 2.45) is 0 Å². The summed E-state index contributed by atoms with van der Waals surface area (Å²) < 4.78 is 5.10. The van der Waals surface area contributed by atoms with Gasteiger partial charge in [0.2, 0.25) is 0 Å². The van der Waals surface area contributed by atoms with E-state index in [9.17, 15) is 4.79 Å². The van der Waals surface area contributed by atoms with Crippen LogP contribution in [0, 0.1) is 18.3 Å². The summed E-state index contributed by atoms with van der Waals surface area (Å²) in [6, 6.07) is 3.63. The third kappa shape index (κ3) is 4.11. The zero-order valence-corrected chi connectivity index (χ0v) is 10.4. The number of pyridine rings is 1. The Kier molecular flexibility index (Phi) is 3.69. The number of nitrogens with one attached hydrogen (secondary N) is 1. The molecule has 0 bridgehead atoms. The van der Waals surface area contributed by atoms with E-state index in [1.165, 1.54) is 6.20 Å². The Balaban J connectivity index is 2.76. The molecule has 0 aliphatic heterocycles. The highest BCUT2D eigenvalue weighted by Crippen LogP contribution is 2.14. The number of carbonyl (C=O) groups excluding carboxylic acids is 1. The number of aromatic nitrogens is 1. The average molecular weight is 233 g/mol. The van der Waals surface area contributed by atoms with Gasteiger partial charge in [0, 0.05) is 6.20 Å². The summed E-state index contributed by atoms with van der Waals surface area (Å²) in [7, 11) is 0. The highest BCUT2D eigenvalue weighted by atomic mass is 16.6. The van der Waals surface area contributed by atoms with Crippen LogP contribution in [0.25, 0.3) is 0 Å². The maximum Gasteiger partial charge on any atom is 0.413 e. The van der Waals surface area contributed by atoms with Gasteiger partial charge in [0.15, 0.2) is 0 Å². The minimum atomic E-state index is -0.558. The van der Waals surface area contributed by atoms with Gasteiger partial charge in [-0.2, -0.15) is 5.26 Å². The highest BCUT2D eigenvalue weighted by Gasteiger charge is 2.17. The van der Waals surface area contributed by atoms with E-state index in [0.717, 1.165) is 5.56 Å². The molecule has 0 radical (unpaired) electrons. The molecule has 0 saturated carbocycles. The van der Waals surface area contributed by atoms with Crippen molar-refractivity contribution in [1.29, 1.82) is 5.26 Å². The predicted octanol–water partition coefficient (Wildman–Crippen LogP) is 2.61. The molecule has 0 aromatic carbocycles. The van der Waals surface area contributed by atoms with Crippen molar-refractivity contribution in [3.8, 4) is 6.07 Å². The molecule has 0 aliphatic rings. The van der Waals surface area contributed by atoms with Crippen LogP contribution in [0.1, 0.15) is 31.9 Å². The van der Waals surface area contributed by atoms with E-state index in [-0.39, 0.29) is 0 Å². The second-order valence-corrected chi connectivity index (χ2v) is 4.63. The van der Waals surface area contributed by atoms with Crippen molar-refractivity contribution in [2.75, 3.05) is 5.32 Å². The zero-order chi connectivity index (χ0) is 13.1. The lowest BCUT2D eigenvalue weighted by Crippen LogP contribution is -2.27. The van der Waals surface area contributed by atoms with E-state index in [1.807, 2.05) is 6.07 Å². The lowest BCUT2D eigenvalue weighted by molar-refractivity contribution is 0.0635. The second kappa shape index (κ2) is 4.83. The number of aryl methyl sites for hydroxylation is 1. The zero-order valence-electron chi connectivity index (χ0n) is 10.4. The Hall–Kier alpha value is -2.09. The first kappa shape index (κ1) is 13.0. The summed E-state index contributed by atoms with van der Waals surface area (Å²) in [6.45, 7) is 7.11. The standard InChI is InChI=1S/C12H15N3O2/c1-8-5-9(6-13)7-14-10(8)15-11(16)17-12(2,3)4/h5,7H,1-4H3,(H,14,15,16). The van der Waals surface area contributed by atoms with E-state index in [0.29, 0.717) is 11.4 Å². The van der Waals surface area contributed by atoms with Crippen LogP contribution >= 0.6 is 0 Å². The molecule has 5 nitrogen and oxygen atoms in total. The average Bonchev–Trinajstić information content (AvgIpc) is 2.18. The maximum absolute atomic E-state index is 11.5. The summed E-state index contributed by atoms with van der Waals surface area (Å²) in [6.07, 6.45) is 0.845. The number of carbonyl (C=O) groups is 1. The maximum atomic E-state index is 11.5. The second-order valence-electron chi connectivity index (χ2n) is 4.63. The Morgan fingerprint density at radius 2 is 2.18 bits per heavy atom. The SMILES string of the molecule is Cc1cc(C#N)cnc1NC(=O)OC(C)(C)C. The summed E-state index contributed by atoms with van der Waals surface area (Å²) in [5.41, 5.74) is 0.622. The van der Waals surface area contributed by atoms with E-state index in [1.54, 1.807) is 33.8 Å². The van der Waals surface area contributed by atoms with Gasteiger partial charge in [0.05, 0.1) is 5.56 Å². The van der Waals surface area contributed by atoms with Gasteiger partial charge in [-0.15, -0.1) is 0 Å². The van der Waals surface area contributed by atoms with Gasteiger partial charge in [0.25, 0.3) is 0 Å². The summed E-state index contributed by atoms with van der Waals surface area (Å²) in [5, 5.41) is 11.2. The number of hydrogen-bond acceptors (Lipinski definition) is 4. The van der Waals surface area contributed by atoms with Crippen molar-refractivity contribution in [3.05, 3.63) is 23.4 Å². The molecule has 0 unspecified atom stereocenters. The fourth-order valence-electron chi connectivity index (χ4n) is 1.17. The van der Waals surface area contributed by atoms with Crippen LogP contribution < -0.4 is 5.32 Å². The summed E-state index contributed by atoms with van der Waals surface area (Å²) in [5.74, 6) is 0.401. The first-order valence-electron chi connectivity index (χ1n) is 5.18. The number of nitrogens with zero attached hydrogens (tertiary/aromatic N) is 2. The van der Waals surface area contributed by atoms with Crippen LogP contribution in [0.2, 0.25) is 0 Å². The first-order valence-corrected chi connectivity index (χ1v) is 5.18. The van der Waals surface area contributed by atoms with Gasteiger partial charge >= 0.3 is 6.09 Å². The Morgan fingerprint density at radius 1 is 1.53 bits per heavy atom. The molecule has 0 saturated heterocycles. The monoisotopic (exact) mass is 233 g/mol. The molecule has 90 valence electrons. The van der Waals surface area contributed by atoms with Crippen molar-refractivity contribution in [3.63, 3.8) is 0 Å². The predicted molar refractivity (Wildman–Crippen MR) is 63.5 cm³/mol. The van der Waals surface area contributed by atoms with Crippen LogP contribution in [0.5, 0.6) is 0 Å². The van der Waals surface area contributed by atoms with E-state index in [4.69, 9.17) is 10.00 Å². The Bertz CT molecular complexity index is 470. The quantitative estimate of drug-likeness (QED) is 0.809. The van der Waals surface area contributed by atoms with Gasteiger partial charge in [-0.1, -0.05) is 0 Å². The van der Waals surface area contributed by atoms with Crippen LogP contribution in [0.15, 0.2) is 12.3 Å². The van der Waals surface area contributed by atoms with Gasteiger partial charge in [-0.05, 0) is 39.3 Å². The molecule has 5 heteroatoms. The van der Waals surface area contributed by atoms with Crippen molar-refractivity contribution in [2.45, 2.75) is 33.3 Å². The minimum Gasteiger partial charge on any atom is -0.444 e. The number of nitriles is 1.